The highest BCUT2D eigenvalue weighted by Crippen LogP contribution is 2.43. The van der Waals surface area contributed by atoms with Crippen LogP contribution in [0.5, 0.6) is 0 Å². The number of hydrogen-bond acceptors (Lipinski definition) is 5. The fourth-order valence-corrected chi connectivity index (χ4v) is 2.60. The van der Waals surface area contributed by atoms with Gasteiger partial charge in [-0.05, 0) is 48.4 Å². The van der Waals surface area contributed by atoms with Crippen LogP contribution in [0, 0.1) is 0 Å². The van der Waals surface area contributed by atoms with Crippen molar-refractivity contribution in [2.75, 3.05) is 7.05 Å². The predicted molar refractivity (Wildman–Crippen MR) is 87.6 cm³/mol. The van der Waals surface area contributed by atoms with Gasteiger partial charge in [0, 0.05) is 17.6 Å². The molecule has 0 saturated heterocycles. The molecular weight excluding hydrogens is 300 g/mol. The third-order valence-electron chi connectivity index (χ3n) is 3.57. The molecular formula is C15H15ClN6. The molecule has 112 valence electrons. The van der Waals surface area contributed by atoms with Gasteiger partial charge in [0.1, 0.15) is 5.71 Å². The Bertz CT molecular complexity index is 743. The van der Waals surface area contributed by atoms with E-state index in [0.29, 0.717) is 23.2 Å². The van der Waals surface area contributed by atoms with Crippen LogP contribution >= 0.6 is 11.6 Å². The monoisotopic (exact) mass is 314 g/mol. The van der Waals surface area contributed by atoms with Crippen molar-refractivity contribution in [3.8, 4) is 0 Å². The average Bonchev–Trinajstić information content (AvgIpc) is 3.22. The summed E-state index contributed by atoms with van der Waals surface area (Å²) in [6.07, 6.45) is 4.19. The molecule has 6 nitrogen and oxygen atoms in total. The van der Waals surface area contributed by atoms with Crippen molar-refractivity contribution in [1.29, 1.82) is 0 Å². The van der Waals surface area contributed by atoms with Crippen LogP contribution in [0.2, 0.25) is 5.02 Å². The highest BCUT2D eigenvalue weighted by molar-refractivity contribution is 6.31. The molecule has 0 aliphatic heterocycles. The van der Waals surface area contributed by atoms with Crippen molar-refractivity contribution >= 4 is 29.7 Å². The van der Waals surface area contributed by atoms with Crippen LogP contribution in [-0.4, -0.2) is 40.1 Å². The first-order valence-electron chi connectivity index (χ1n) is 6.91. The second-order valence-corrected chi connectivity index (χ2v) is 5.45. The lowest BCUT2D eigenvalue weighted by atomic mass is 10.0. The van der Waals surface area contributed by atoms with Gasteiger partial charge in [0.25, 0.3) is 0 Å². The second kappa shape index (κ2) is 6.19. The molecule has 0 amide bonds. The highest BCUT2D eigenvalue weighted by atomic mass is 35.5. The van der Waals surface area contributed by atoms with Crippen molar-refractivity contribution in [3.63, 3.8) is 0 Å². The number of allylic oxidation sites excluding steroid dienone is 1. The van der Waals surface area contributed by atoms with Gasteiger partial charge in [-0.2, -0.15) is 5.21 Å². The number of hydrogen-bond donors (Lipinski definition) is 1. The summed E-state index contributed by atoms with van der Waals surface area (Å²) < 4.78 is 0. The highest BCUT2D eigenvalue weighted by Gasteiger charge is 2.25. The standard InChI is InChI=1S/C15H15ClN6/c1-17-13(8-14(18-2)15-19-21-22-20-15)10-5-6-11(9-3-4-9)12(16)7-10/h5-9H,1,3-4H2,2H3,(H,19,20,21,22)/b13-8-,18-14+. The fourth-order valence-electron chi connectivity index (χ4n) is 2.26. The Morgan fingerprint density at radius 2 is 2.27 bits per heavy atom. The average molecular weight is 315 g/mol. The van der Waals surface area contributed by atoms with Gasteiger partial charge in [0.05, 0.1) is 5.70 Å². The number of H-pyrrole nitrogens is 1. The van der Waals surface area contributed by atoms with Gasteiger partial charge in [-0.25, -0.2) is 0 Å². The first-order valence-corrected chi connectivity index (χ1v) is 7.29. The summed E-state index contributed by atoms with van der Waals surface area (Å²) in [5.41, 5.74) is 3.32. The van der Waals surface area contributed by atoms with Gasteiger partial charge in [-0.1, -0.05) is 23.7 Å². The van der Waals surface area contributed by atoms with E-state index >= 15 is 0 Å². The molecule has 2 aromatic rings. The summed E-state index contributed by atoms with van der Waals surface area (Å²) in [4.78, 5) is 8.23. The summed E-state index contributed by atoms with van der Waals surface area (Å²) in [5.74, 6) is 1.02. The van der Waals surface area contributed by atoms with Crippen molar-refractivity contribution < 1.29 is 0 Å². The number of aromatic amines is 1. The molecule has 22 heavy (non-hydrogen) atoms. The van der Waals surface area contributed by atoms with Crippen LogP contribution in [0.15, 0.2) is 34.3 Å². The van der Waals surface area contributed by atoms with Gasteiger partial charge >= 0.3 is 0 Å². The Hall–Kier alpha value is -2.34. The van der Waals surface area contributed by atoms with Crippen LogP contribution in [0.4, 0.5) is 0 Å². The summed E-state index contributed by atoms with van der Waals surface area (Å²) in [6.45, 7) is 3.63. The lowest BCUT2D eigenvalue weighted by molar-refractivity contribution is 0.881. The molecule has 0 bridgehead atoms. The summed E-state index contributed by atoms with van der Waals surface area (Å²) in [5, 5.41) is 14.5. The van der Waals surface area contributed by atoms with Crippen molar-refractivity contribution in [3.05, 3.63) is 46.2 Å². The Morgan fingerprint density at radius 3 is 2.82 bits per heavy atom. The third kappa shape index (κ3) is 2.96. The maximum absolute atomic E-state index is 6.38. The van der Waals surface area contributed by atoms with Crippen LogP contribution in [0.1, 0.15) is 35.7 Å². The number of tetrazole rings is 1. The Balaban J connectivity index is 1.95. The van der Waals surface area contributed by atoms with Crippen LogP contribution in [-0.2, 0) is 0 Å². The van der Waals surface area contributed by atoms with Crippen molar-refractivity contribution in [2.45, 2.75) is 18.8 Å². The zero-order chi connectivity index (χ0) is 15.5. The first kappa shape index (κ1) is 14.6. The van der Waals surface area contributed by atoms with Crippen molar-refractivity contribution in [1.82, 2.24) is 20.6 Å². The van der Waals surface area contributed by atoms with E-state index in [0.717, 1.165) is 10.6 Å². The largest absolute Gasteiger partial charge is 0.285 e. The van der Waals surface area contributed by atoms with Gasteiger partial charge in [0.2, 0.25) is 5.82 Å². The zero-order valence-electron chi connectivity index (χ0n) is 12.1. The summed E-state index contributed by atoms with van der Waals surface area (Å²) >= 11 is 6.38. The van der Waals surface area contributed by atoms with E-state index < -0.39 is 0 Å². The van der Waals surface area contributed by atoms with Crippen LogP contribution in [0.25, 0.3) is 5.70 Å². The van der Waals surface area contributed by atoms with Gasteiger partial charge < -0.3 is 0 Å². The lowest BCUT2D eigenvalue weighted by Crippen LogP contribution is -2.01. The maximum atomic E-state index is 6.38. The molecule has 1 aliphatic carbocycles. The summed E-state index contributed by atoms with van der Waals surface area (Å²) in [7, 11) is 1.66. The normalized spacial score (nSPS) is 15.9. The molecule has 1 aliphatic rings. The van der Waals surface area contributed by atoms with Crippen LogP contribution in [0.3, 0.4) is 0 Å². The number of aromatic nitrogens is 4. The van der Waals surface area contributed by atoms with Gasteiger partial charge in [0.15, 0.2) is 0 Å². The lowest BCUT2D eigenvalue weighted by Gasteiger charge is -2.07. The molecule has 0 radical (unpaired) electrons. The van der Waals surface area contributed by atoms with E-state index in [-0.39, 0.29) is 0 Å². The van der Waals surface area contributed by atoms with E-state index in [1.165, 1.54) is 18.4 Å². The fraction of sp³-hybridized carbons (Fsp3) is 0.267. The maximum Gasteiger partial charge on any atom is 0.222 e. The molecule has 3 rings (SSSR count). The Kier molecular flexibility index (Phi) is 4.11. The van der Waals surface area contributed by atoms with E-state index in [2.05, 4.69) is 43.4 Å². The second-order valence-electron chi connectivity index (χ2n) is 5.04. The Labute approximate surface area is 133 Å². The predicted octanol–water partition coefficient (Wildman–Crippen LogP) is 2.89. The quantitative estimate of drug-likeness (QED) is 0.862. The third-order valence-corrected chi connectivity index (χ3v) is 3.90. The number of halogens is 1. The van der Waals surface area contributed by atoms with Gasteiger partial charge in [-0.15, -0.1) is 10.2 Å². The molecule has 1 fully saturated rings. The number of rotatable bonds is 5. The van der Waals surface area contributed by atoms with Gasteiger partial charge in [-0.3, -0.25) is 9.98 Å². The van der Waals surface area contributed by atoms with E-state index in [1.54, 1.807) is 13.1 Å². The SMILES string of the molecule is C=N/C(=C\C(=N/C)c1nn[nH]n1)c1ccc(C2CC2)c(Cl)c1. The number of benzene rings is 1. The number of nitrogens with one attached hydrogen (secondary N) is 1. The topological polar surface area (TPSA) is 79.2 Å². The molecule has 7 heteroatoms. The minimum atomic E-state index is 0.407. The summed E-state index contributed by atoms with van der Waals surface area (Å²) in [6, 6.07) is 5.98. The Morgan fingerprint density at radius 1 is 1.45 bits per heavy atom. The molecule has 0 spiro atoms. The number of aliphatic imine (C=N–C) groups is 2. The molecule has 1 aromatic carbocycles. The number of nitrogens with zero attached hydrogens (tertiary/aromatic N) is 5. The molecule has 1 N–H and O–H groups in total. The first-order chi connectivity index (χ1) is 10.7. The van der Waals surface area contributed by atoms with Crippen molar-refractivity contribution in [2.24, 2.45) is 9.98 Å². The molecule has 1 aromatic heterocycles. The van der Waals surface area contributed by atoms with Crippen LogP contribution < -0.4 is 0 Å². The smallest absolute Gasteiger partial charge is 0.222 e. The molecule has 1 saturated carbocycles. The molecule has 1 heterocycles. The minimum absolute atomic E-state index is 0.407. The zero-order valence-corrected chi connectivity index (χ0v) is 12.9. The molecule has 0 unspecified atom stereocenters. The molecule has 0 atom stereocenters. The van der Waals surface area contributed by atoms with E-state index in [1.807, 2.05) is 12.1 Å². The van der Waals surface area contributed by atoms with E-state index in [9.17, 15) is 0 Å². The minimum Gasteiger partial charge on any atom is -0.285 e. The van der Waals surface area contributed by atoms with E-state index in [4.69, 9.17) is 11.6 Å².